The molecule has 3 atom stereocenters. The smallest absolute Gasteiger partial charge is 0.305 e. The Morgan fingerprint density at radius 1 is 0.403 bits per heavy atom. The van der Waals surface area contributed by atoms with Gasteiger partial charge in [-0.15, -0.1) is 0 Å². The Bertz CT molecular complexity index is 911. The molecule has 6 heteroatoms. The van der Waals surface area contributed by atoms with E-state index in [1.165, 1.54) is 212 Å². The molecule has 0 fully saturated rings. The van der Waals surface area contributed by atoms with Gasteiger partial charge in [-0.2, -0.15) is 0 Å². The highest BCUT2D eigenvalue weighted by atomic mass is 16.5. The van der Waals surface area contributed by atoms with E-state index in [9.17, 15) is 14.4 Å². The van der Waals surface area contributed by atoms with Crippen LogP contribution in [-0.4, -0.2) is 49.6 Å². The summed E-state index contributed by atoms with van der Waals surface area (Å²) in [5, 5.41) is 0. The minimum atomic E-state index is -0.0103. The van der Waals surface area contributed by atoms with Crippen molar-refractivity contribution in [2.75, 3.05) is 20.3 Å². The second-order valence-electron chi connectivity index (χ2n) is 19.3. The first kappa shape index (κ1) is 62.5. The van der Waals surface area contributed by atoms with Gasteiger partial charge in [-0.25, -0.2) is 0 Å². The van der Waals surface area contributed by atoms with Gasteiger partial charge in [0.1, 0.15) is 0 Å². The van der Waals surface area contributed by atoms with Gasteiger partial charge < -0.3 is 14.4 Å². The summed E-state index contributed by atoms with van der Waals surface area (Å²) >= 11 is 0. The van der Waals surface area contributed by atoms with Gasteiger partial charge in [0, 0.05) is 25.9 Å². The van der Waals surface area contributed by atoms with Crippen molar-refractivity contribution in [1.29, 1.82) is 0 Å². The number of hydrogen-bond acceptors (Lipinski definition) is 5. The van der Waals surface area contributed by atoms with Crippen LogP contribution in [0.4, 0.5) is 0 Å². The molecule has 0 saturated heterocycles. The van der Waals surface area contributed by atoms with Gasteiger partial charge in [-0.05, 0) is 63.2 Å². The van der Waals surface area contributed by atoms with Crippen LogP contribution >= 0.6 is 0 Å². The fourth-order valence-corrected chi connectivity index (χ4v) is 8.83. The van der Waals surface area contributed by atoms with E-state index < -0.39 is 0 Å². The Hall–Kier alpha value is -1.59. The van der Waals surface area contributed by atoms with E-state index in [2.05, 4.69) is 46.4 Å². The van der Waals surface area contributed by atoms with Crippen LogP contribution in [0.5, 0.6) is 0 Å². The van der Waals surface area contributed by atoms with Crippen molar-refractivity contribution in [3.8, 4) is 0 Å². The van der Waals surface area contributed by atoms with Crippen LogP contribution in [0, 0.1) is 11.8 Å². The maximum absolute atomic E-state index is 13.0. The molecule has 0 aliphatic carbocycles. The van der Waals surface area contributed by atoms with Gasteiger partial charge in [0.15, 0.2) is 0 Å². The highest BCUT2D eigenvalue weighted by Gasteiger charge is 2.19. The average Bonchev–Trinajstić information content (AvgIpc) is 3.28. The Balaban J connectivity index is 0. The molecule has 1 amide bonds. The molecule has 0 aromatic carbocycles. The molecule has 0 heterocycles. The Labute approximate surface area is 388 Å². The maximum atomic E-state index is 13.0. The standard InChI is InChI=1S/C39H77NO3.C17H34O2/c1-6-10-14-18-20-24-30-36(29-23-16-12-8-3)35-43-39(42)34-28-22-26-32-37(31-25-17-13-9-4)40(5)38(41)33-27-21-19-15-11-7-2;1-3-5-7-9-10-12-14-17(15-19-16-18)13-11-8-6-4-2/h36-37H,6-35H2,1-5H3;16-17H,3-15H2,1-2H3. The Morgan fingerprint density at radius 2 is 0.710 bits per heavy atom. The molecule has 0 saturated carbocycles. The molecular weight excluding hydrogens is 767 g/mol. The Morgan fingerprint density at radius 3 is 1.11 bits per heavy atom. The predicted octanol–water partition coefficient (Wildman–Crippen LogP) is 17.9. The lowest BCUT2D eigenvalue weighted by atomic mass is 9.95. The van der Waals surface area contributed by atoms with E-state index in [4.69, 9.17) is 9.47 Å². The summed E-state index contributed by atoms with van der Waals surface area (Å²) in [5.41, 5.74) is 0. The number of carbonyl (C=O) groups is 3. The lowest BCUT2D eigenvalue weighted by molar-refractivity contribution is -0.145. The minimum absolute atomic E-state index is 0.0103. The number of carbonyl (C=O) groups excluding carboxylic acids is 3. The second-order valence-corrected chi connectivity index (χ2v) is 19.3. The molecule has 370 valence electrons. The van der Waals surface area contributed by atoms with E-state index in [0.717, 1.165) is 38.5 Å². The van der Waals surface area contributed by atoms with Crippen molar-refractivity contribution in [2.45, 2.75) is 311 Å². The minimum Gasteiger partial charge on any atom is -0.468 e. The van der Waals surface area contributed by atoms with Crippen LogP contribution < -0.4 is 0 Å². The third kappa shape index (κ3) is 45.0. The third-order valence-corrected chi connectivity index (χ3v) is 13.2. The van der Waals surface area contributed by atoms with Crippen molar-refractivity contribution in [3.63, 3.8) is 0 Å². The number of ether oxygens (including phenoxy) is 2. The lowest BCUT2D eigenvalue weighted by Gasteiger charge is -2.29. The molecule has 0 aromatic rings. The summed E-state index contributed by atoms with van der Waals surface area (Å²) in [7, 11) is 2.03. The van der Waals surface area contributed by atoms with Gasteiger partial charge in [0.05, 0.1) is 13.2 Å². The summed E-state index contributed by atoms with van der Waals surface area (Å²) in [6.07, 6.45) is 50.0. The molecule has 0 radical (unpaired) electrons. The average molecular weight is 879 g/mol. The van der Waals surface area contributed by atoms with Crippen molar-refractivity contribution >= 4 is 18.3 Å². The summed E-state index contributed by atoms with van der Waals surface area (Å²) in [6, 6.07) is 0.340. The van der Waals surface area contributed by atoms with Crippen LogP contribution in [-0.2, 0) is 23.9 Å². The van der Waals surface area contributed by atoms with Gasteiger partial charge in [0.25, 0.3) is 6.47 Å². The van der Waals surface area contributed by atoms with Crippen LogP contribution in [0.1, 0.15) is 305 Å². The molecular formula is C56H111NO5. The summed E-state index contributed by atoms with van der Waals surface area (Å²) in [5.74, 6) is 1.44. The molecule has 0 spiro atoms. The largest absolute Gasteiger partial charge is 0.468 e. The number of esters is 1. The van der Waals surface area contributed by atoms with E-state index >= 15 is 0 Å². The summed E-state index contributed by atoms with van der Waals surface area (Å²) in [4.78, 5) is 37.9. The van der Waals surface area contributed by atoms with Crippen molar-refractivity contribution in [3.05, 3.63) is 0 Å². The fourth-order valence-electron chi connectivity index (χ4n) is 8.83. The first-order valence-electron chi connectivity index (χ1n) is 27.8. The number of unbranched alkanes of at least 4 members (excludes halogenated alkanes) is 26. The van der Waals surface area contributed by atoms with E-state index in [1.54, 1.807) is 0 Å². The predicted molar refractivity (Wildman–Crippen MR) is 270 cm³/mol. The normalized spacial score (nSPS) is 12.6. The van der Waals surface area contributed by atoms with Crippen LogP contribution in [0.3, 0.4) is 0 Å². The molecule has 3 unspecified atom stereocenters. The molecule has 0 aliphatic heterocycles. The second kappa shape index (κ2) is 52.0. The maximum Gasteiger partial charge on any atom is 0.305 e. The van der Waals surface area contributed by atoms with Crippen molar-refractivity contribution < 1.29 is 23.9 Å². The SMILES string of the molecule is CCCCCCCCC(=O)N(C)C(CCCCCC)CCCCCC(=O)OCC(CCCCCC)CCCCCCCC.CCCCCCCCC(CCCCCC)COC=O. The van der Waals surface area contributed by atoms with E-state index in [1.807, 2.05) is 7.05 Å². The van der Waals surface area contributed by atoms with Crippen molar-refractivity contribution in [1.82, 2.24) is 4.90 Å². The summed E-state index contributed by atoms with van der Waals surface area (Å²) in [6.45, 7) is 15.4. The first-order chi connectivity index (χ1) is 30.3. The fraction of sp³-hybridized carbons (Fsp3) is 0.946. The number of nitrogens with zero attached hydrogens (tertiary/aromatic N) is 1. The van der Waals surface area contributed by atoms with Crippen LogP contribution in [0.25, 0.3) is 0 Å². The number of hydrogen-bond donors (Lipinski definition) is 0. The van der Waals surface area contributed by atoms with Crippen LogP contribution in [0.15, 0.2) is 0 Å². The molecule has 0 aliphatic rings. The molecule has 6 nitrogen and oxygen atoms in total. The number of rotatable bonds is 48. The van der Waals surface area contributed by atoms with Crippen LogP contribution in [0.2, 0.25) is 0 Å². The Kier molecular flexibility index (Phi) is 52.5. The van der Waals surface area contributed by atoms with E-state index in [0.29, 0.717) is 56.3 Å². The topological polar surface area (TPSA) is 72.9 Å². The molecule has 0 aromatic heterocycles. The van der Waals surface area contributed by atoms with Gasteiger partial charge in [-0.3, -0.25) is 14.4 Å². The first-order valence-corrected chi connectivity index (χ1v) is 27.8. The highest BCUT2D eigenvalue weighted by molar-refractivity contribution is 5.76. The zero-order valence-electron chi connectivity index (χ0n) is 43.2. The number of amides is 1. The lowest BCUT2D eigenvalue weighted by Crippen LogP contribution is -2.37. The molecule has 62 heavy (non-hydrogen) atoms. The third-order valence-electron chi connectivity index (χ3n) is 13.2. The molecule has 0 bridgehead atoms. The van der Waals surface area contributed by atoms with E-state index in [-0.39, 0.29) is 5.97 Å². The van der Waals surface area contributed by atoms with Gasteiger partial charge in [0.2, 0.25) is 5.91 Å². The van der Waals surface area contributed by atoms with Gasteiger partial charge in [-0.1, -0.05) is 241 Å². The zero-order valence-corrected chi connectivity index (χ0v) is 43.2. The quantitative estimate of drug-likeness (QED) is 0.0346. The zero-order chi connectivity index (χ0) is 46.0. The molecule has 0 N–H and O–H groups in total. The molecule has 0 rings (SSSR count). The monoisotopic (exact) mass is 878 g/mol. The summed E-state index contributed by atoms with van der Waals surface area (Å²) < 4.78 is 10.8. The van der Waals surface area contributed by atoms with Crippen molar-refractivity contribution in [2.24, 2.45) is 11.8 Å². The van der Waals surface area contributed by atoms with Gasteiger partial charge >= 0.3 is 5.97 Å². The highest BCUT2D eigenvalue weighted by Crippen LogP contribution is 2.22.